The molecule has 0 unspecified atom stereocenters. The predicted molar refractivity (Wildman–Crippen MR) is 101 cm³/mol. The van der Waals surface area contributed by atoms with Crippen LogP contribution in [0.15, 0.2) is 46.5 Å². The second-order valence-electron chi connectivity index (χ2n) is 5.78. The van der Waals surface area contributed by atoms with Crippen molar-refractivity contribution >= 4 is 35.3 Å². The first-order valence-electron chi connectivity index (χ1n) is 7.85. The van der Waals surface area contributed by atoms with Crippen LogP contribution in [0.1, 0.15) is 5.56 Å². The van der Waals surface area contributed by atoms with Gasteiger partial charge in [0.1, 0.15) is 5.56 Å². The molecule has 0 saturated heterocycles. The van der Waals surface area contributed by atoms with Crippen LogP contribution in [0.2, 0.25) is 0 Å². The number of nitrogens with zero attached hydrogens (tertiary/aromatic N) is 3. The van der Waals surface area contributed by atoms with Crippen molar-refractivity contribution in [3.05, 3.63) is 66.3 Å². The van der Waals surface area contributed by atoms with E-state index in [4.69, 9.17) is 12.2 Å². The molecule has 1 aliphatic rings. The number of rotatable bonds is 3. The molecule has 6 nitrogen and oxygen atoms in total. The van der Waals surface area contributed by atoms with Gasteiger partial charge in [0.25, 0.3) is 5.56 Å². The largest absolute Gasteiger partial charge is 0.494 e. The van der Waals surface area contributed by atoms with Crippen molar-refractivity contribution < 1.29 is 23.0 Å². The molecule has 3 heterocycles. The Morgan fingerprint density at radius 2 is 2.18 bits per heavy atom. The monoisotopic (exact) mass is 427 g/mol. The van der Waals surface area contributed by atoms with Gasteiger partial charge in [0.05, 0.1) is 10.6 Å². The Morgan fingerprint density at radius 3 is 2.79 bits per heavy atom. The van der Waals surface area contributed by atoms with Crippen molar-refractivity contribution in [3.8, 4) is 5.88 Å². The standard InChI is InChI=1S/C17H13F3N4O2S2/c1-3-6-24-15(26)10(14(25)21-16(24)27)7-9-4-5-12(28-9)11-8-13(17(18,19)20)23(2)22-11/h3-5,7-8H,1,6H2,2H3,(H,21,25,27)/p+1. The minimum atomic E-state index is -4.50. The van der Waals surface area contributed by atoms with Crippen molar-refractivity contribution in [2.75, 3.05) is 7.05 Å². The van der Waals surface area contributed by atoms with E-state index in [1.54, 1.807) is 12.1 Å². The highest BCUT2D eigenvalue weighted by Crippen LogP contribution is 2.31. The number of aromatic hydroxyl groups is 1. The summed E-state index contributed by atoms with van der Waals surface area (Å²) in [7, 11) is 1.22. The fourth-order valence-corrected chi connectivity index (χ4v) is 3.73. The van der Waals surface area contributed by atoms with Gasteiger partial charge in [0.15, 0.2) is 17.5 Å². The van der Waals surface area contributed by atoms with Gasteiger partial charge in [-0.2, -0.15) is 13.2 Å². The van der Waals surface area contributed by atoms with Crippen molar-refractivity contribution in [2.45, 2.75) is 12.7 Å². The summed E-state index contributed by atoms with van der Waals surface area (Å²) in [6, 6.07) is 3.23. The smallest absolute Gasteiger partial charge is 0.479 e. The number of hydrogen-bond acceptors (Lipinski definition) is 5. The quantitative estimate of drug-likeness (QED) is 0.449. The van der Waals surface area contributed by atoms with Crippen LogP contribution in [0.3, 0.4) is 0 Å². The summed E-state index contributed by atoms with van der Waals surface area (Å²) in [5.41, 5.74) is -1.28. The van der Waals surface area contributed by atoms with E-state index in [9.17, 15) is 23.1 Å². The Labute approximate surface area is 165 Å². The summed E-state index contributed by atoms with van der Waals surface area (Å²) >= 11 is 6.15. The minimum Gasteiger partial charge on any atom is -0.494 e. The second kappa shape index (κ2) is 7.32. The number of halogens is 3. The molecule has 0 amide bonds. The third kappa shape index (κ3) is 3.76. The van der Waals surface area contributed by atoms with Gasteiger partial charge in [-0.1, -0.05) is 10.8 Å². The van der Waals surface area contributed by atoms with Crippen molar-refractivity contribution in [1.82, 2.24) is 9.55 Å². The summed E-state index contributed by atoms with van der Waals surface area (Å²) in [6.07, 6.45) is -0.593. The third-order valence-corrected chi connectivity index (χ3v) is 5.23. The summed E-state index contributed by atoms with van der Waals surface area (Å²) < 4.78 is 42.0. The van der Waals surface area contributed by atoms with Gasteiger partial charge in [0.2, 0.25) is 5.88 Å². The van der Waals surface area contributed by atoms with E-state index in [0.717, 1.165) is 22.1 Å². The molecule has 2 aromatic rings. The van der Waals surface area contributed by atoms with E-state index in [0.29, 0.717) is 9.06 Å². The maximum Gasteiger partial charge on any atom is 0.479 e. The molecule has 0 saturated carbocycles. The van der Waals surface area contributed by atoms with Crippen LogP contribution in [0.5, 0.6) is 5.88 Å². The third-order valence-electron chi connectivity index (χ3n) is 3.85. The molecular formula is C17H14F3N4O2S2+. The molecule has 0 radical (unpaired) electrons. The molecule has 0 fully saturated rings. The number of hydrogen-bond donors (Lipinski definition) is 2. The van der Waals surface area contributed by atoms with Crippen LogP contribution in [-0.4, -0.2) is 32.6 Å². The lowest BCUT2D eigenvalue weighted by Gasteiger charge is -2.08. The fraction of sp³-hybridized carbons (Fsp3) is 0.176. The zero-order valence-corrected chi connectivity index (χ0v) is 16.1. The fourth-order valence-electron chi connectivity index (χ4n) is 2.57. The van der Waals surface area contributed by atoms with Gasteiger partial charge in [0, 0.05) is 16.2 Å². The highest BCUT2D eigenvalue weighted by Gasteiger charge is 2.45. The average molecular weight is 427 g/mol. The Balaban J connectivity index is 2.15. The molecule has 0 aliphatic carbocycles. The van der Waals surface area contributed by atoms with Crippen molar-refractivity contribution in [1.29, 1.82) is 0 Å². The highest BCUT2D eigenvalue weighted by atomic mass is 32.1. The number of H-pyrrole nitrogens is 1. The van der Waals surface area contributed by atoms with Crippen LogP contribution < -0.4 is 14.6 Å². The zero-order valence-electron chi connectivity index (χ0n) is 14.4. The van der Waals surface area contributed by atoms with Gasteiger partial charge >= 0.3 is 11.9 Å². The molecule has 0 bridgehead atoms. The summed E-state index contributed by atoms with van der Waals surface area (Å²) in [5, 5.41) is 14.3. The van der Waals surface area contributed by atoms with E-state index in [-0.39, 0.29) is 28.5 Å². The summed E-state index contributed by atoms with van der Waals surface area (Å²) in [6.45, 7) is 3.77. The number of aromatic nitrogens is 2. The maximum atomic E-state index is 12.9. The molecule has 0 spiro atoms. The van der Waals surface area contributed by atoms with Crippen molar-refractivity contribution in [3.63, 3.8) is 0 Å². The molecular weight excluding hydrogens is 413 g/mol. The molecule has 11 heteroatoms. The number of thiophene rings is 1. The van der Waals surface area contributed by atoms with E-state index in [2.05, 4.69) is 16.7 Å². The Kier molecular flexibility index (Phi) is 5.22. The maximum absolute atomic E-state index is 12.9. The van der Waals surface area contributed by atoms with E-state index in [1.165, 1.54) is 23.8 Å². The number of allylic oxidation sites excluding steroid dienone is 2. The zero-order chi connectivity index (χ0) is 20.6. The number of azo groups is 2. The first-order valence-corrected chi connectivity index (χ1v) is 9.07. The van der Waals surface area contributed by atoms with E-state index in [1.807, 2.05) is 0 Å². The molecule has 3 rings (SSSR count). The summed E-state index contributed by atoms with van der Waals surface area (Å²) in [5.74, 6) is -0.319. The Hall–Kier alpha value is -2.79. The van der Waals surface area contributed by atoms with Crippen molar-refractivity contribution in [2.24, 2.45) is 5.11 Å². The molecule has 2 aromatic heterocycles. The molecule has 146 valence electrons. The average Bonchev–Trinajstić information content (AvgIpc) is 3.21. The first kappa shape index (κ1) is 20.0. The molecule has 1 aliphatic heterocycles. The van der Waals surface area contributed by atoms with Crippen LogP contribution >= 0.6 is 23.6 Å². The second-order valence-corrected chi connectivity index (χ2v) is 7.28. The molecule has 28 heavy (non-hydrogen) atoms. The van der Waals surface area contributed by atoms with E-state index < -0.39 is 17.4 Å². The van der Waals surface area contributed by atoms with E-state index >= 15 is 0 Å². The number of nitrogens with one attached hydrogen (secondary N) is 1. The lowest BCUT2D eigenvalue weighted by atomic mass is 10.3. The van der Waals surface area contributed by atoms with Gasteiger partial charge < -0.3 is 5.11 Å². The molecule has 0 aromatic carbocycles. The van der Waals surface area contributed by atoms with Crippen LogP contribution in [-0.2, 0) is 6.54 Å². The Bertz CT molecular complexity index is 1260. The first-order chi connectivity index (χ1) is 13.1. The predicted octanol–water partition coefficient (Wildman–Crippen LogP) is 2.35. The highest BCUT2D eigenvalue weighted by molar-refractivity contribution is 7.71. The lowest BCUT2D eigenvalue weighted by Crippen LogP contribution is -2.18. The molecule has 2 N–H and O–H groups in total. The van der Waals surface area contributed by atoms with Gasteiger partial charge in [-0.25, -0.2) is 0 Å². The minimum absolute atomic E-state index is 0.0131. The van der Waals surface area contributed by atoms with Gasteiger partial charge in [-0.15, -0.1) is 17.9 Å². The normalized spacial score (nSPS) is 16.9. The Morgan fingerprint density at radius 1 is 1.46 bits per heavy atom. The van der Waals surface area contributed by atoms with Crippen LogP contribution in [0.25, 0.3) is 11.8 Å². The topological polar surface area (TPSA) is 73.4 Å². The van der Waals surface area contributed by atoms with Crippen LogP contribution in [0.4, 0.5) is 13.2 Å². The van der Waals surface area contributed by atoms with Gasteiger partial charge in [-0.05, 0) is 30.4 Å². The van der Waals surface area contributed by atoms with Crippen LogP contribution in [0, 0.1) is 4.77 Å². The lowest BCUT2D eigenvalue weighted by molar-refractivity contribution is -0.531. The summed E-state index contributed by atoms with van der Waals surface area (Å²) in [4.78, 5) is 14.6. The van der Waals surface area contributed by atoms with Gasteiger partial charge in [-0.3, -0.25) is 14.3 Å². The molecule has 0 atom stereocenters. The SMILES string of the molecule is C=CCn1c(O)c(C=c2ccc(=C3C=C(C(F)(F)F)[N+](C)=N3)s2)c(=O)[nH]c1=S. The number of alkyl halides is 3. The number of aromatic amines is 1.